The fourth-order valence-corrected chi connectivity index (χ4v) is 2.95. The number of carbonyl (C=O) groups is 1. The third-order valence-corrected chi connectivity index (χ3v) is 4.31. The highest BCUT2D eigenvalue weighted by molar-refractivity contribution is 8.00. The number of aromatic carboxylic acids is 1. The second-order valence-electron chi connectivity index (χ2n) is 3.37. The van der Waals surface area contributed by atoms with Crippen LogP contribution in [-0.2, 0) is 0 Å². The van der Waals surface area contributed by atoms with Crippen molar-refractivity contribution in [2.45, 2.75) is 4.34 Å². The minimum atomic E-state index is -1.12. The fourth-order valence-electron chi connectivity index (χ4n) is 1.39. The van der Waals surface area contributed by atoms with E-state index in [9.17, 15) is 15.0 Å². The third kappa shape index (κ3) is 2.27. The van der Waals surface area contributed by atoms with E-state index in [0.717, 1.165) is 0 Å². The highest BCUT2D eigenvalue weighted by Gasteiger charge is 2.19. The van der Waals surface area contributed by atoms with Gasteiger partial charge in [0, 0.05) is 0 Å². The normalized spacial score (nSPS) is 10.5. The van der Waals surface area contributed by atoms with Gasteiger partial charge in [0.2, 0.25) is 0 Å². The molecule has 0 aliphatic carbocycles. The minimum absolute atomic E-state index is 0.0468. The average Bonchev–Trinajstić information content (AvgIpc) is 2.77. The predicted molar refractivity (Wildman–Crippen MR) is 69.6 cm³/mol. The van der Waals surface area contributed by atoms with Crippen LogP contribution in [0.25, 0.3) is 10.4 Å². The van der Waals surface area contributed by atoms with E-state index >= 15 is 0 Å². The summed E-state index contributed by atoms with van der Waals surface area (Å²) in [5.74, 6) is -1.65. The van der Waals surface area contributed by atoms with Crippen LogP contribution in [0.4, 0.5) is 0 Å². The lowest BCUT2D eigenvalue weighted by molar-refractivity contribution is 0.0691. The van der Waals surface area contributed by atoms with Crippen LogP contribution in [0.15, 0.2) is 22.5 Å². The molecule has 0 saturated heterocycles. The van der Waals surface area contributed by atoms with Crippen LogP contribution in [0.1, 0.15) is 10.5 Å². The number of carboxylic acid groups (broad SMARTS) is 1. The number of phenols is 2. The molecule has 1 heterocycles. The first-order valence-corrected chi connectivity index (χ1v) is 6.87. The topological polar surface area (TPSA) is 90.7 Å². The van der Waals surface area contributed by atoms with E-state index in [2.05, 4.69) is 4.98 Å². The highest BCUT2D eigenvalue weighted by atomic mass is 32.2. The van der Waals surface area contributed by atoms with Crippen molar-refractivity contribution in [3.05, 3.63) is 23.9 Å². The minimum Gasteiger partial charge on any atom is -0.504 e. The molecule has 1 aromatic carbocycles. The summed E-state index contributed by atoms with van der Waals surface area (Å²) in [6.45, 7) is 0. The molecule has 0 spiro atoms. The molecule has 0 radical (unpaired) electrons. The van der Waals surface area contributed by atoms with Gasteiger partial charge in [0.05, 0.1) is 4.88 Å². The summed E-state index contributed by atoms with van der Waals surface area (Å²) >= 11 is 2.59. The molecule has 3 N–H and O–H groups in total. The van der Waals surface area contributed by atoms with Crippen molar-refractivity contribution in [3.63, 3.8) is 0 Å². The molecule has 1 aromatic heterocycles. The van der Waals surface area contributed by atoms with Crippen molar-refractivity contribution < 1.29 is 20.1 Å². The highest BCUT2D eigenvalue weighted by Crippen LogP contribution is 2.37. The van der Waals surface area contributed by atoms with Crippen LogP contribution < -0.4 is 0 Å². The zero-order valence-electron chi connectivity index (χ0n) is 9.25. The Bertz CT molecular complexity index is 609. The SMILES string of the molecule is CSc1nc(C(=O)O)c(-c2ccc(O)c(O)c2)s1. The standard InChI is InChI=1S/C11H9NO4S2/c1-17-11-12-8(10(15)16)9(18-11)5-2-3-6(13)7(14)4-5/h2-4,13-14H,1H3,(H,15,16). The number of hydrogen-bond donors (Lipinski definition) is 3. The molecular formula is C11H9NO4S2. The number of phenolic OH excluding ortho intramolecular Hbond substituents is 2. The Morgan fingerprint density at radius 3 is 2.61 bits per heavy atom. The average molecular weight is 283 g/mol. The van der Waals surface area contributed by atoms with Crippen LogP contribution in [0, 0.1) is 0 Å². The van der Waals surface area contributed by atoms with Gasteiger partial charge in [-0.05, 0) is 30.0 Å². The van der Waals surface area contributed by atoms with Crippen molar-refractivity contribution in [1.29, 1.82) is 0 Å². The van der Waals surface area contributed by atoms with Gasteiger partial charge in [0.1, 0.15) is 0 Å². The van der Waals surface area contributed by atoms with Crippen molar-refractivity contribution in [2.75, 3.05) is 6.26 Å². The number of thioether (sulfide) groups is 1. The lowest BCUT2D eigenvalue weighted by Gasteiger charge is -2.01. The maximum Gasteiger partial charge on any atom is 0.356 e. The Hall–Kier alpha value is -1.73. The third-order valence-electron chi connectivity index (χ3n) is 2.22. The van der Waals surface area contributed by atoms with Gasteiger partial charge in [0.15, 0.2) is 21.5 Å². The van der Waals surface area contributed by atoms with Crippen LogP contribution in [-0.4, -0.2) is 32.5 Å². The summed E-state index contributed by atoms with van der Waals surface area (Å²) in [5, 5.41) is 27.8. The second kappa shape index (κ2) is 4.87. The molecule has 0 aliphatic heterocycles. The number of aromatic hydroxyl groups is 2. The fraction of sp³-hybridized carbons (Fsp3) is 0.0909. The maximum absolute atomic E-state index is 11.1. The number of thiazole rings is 1. The van der Waals surface area contributed by atoms with E-state index in [1.165, 1.54) is 35.2 Å². The number of nitrogens with zero attached hydrogens (tertiary/aromatic N) is 1. The zero-order chi connectivity index (χ0) is 13.3. The van der Waals surface area contributed by atoms with Gasteiger partial charge in [-0.3, -0.25) is 0 Å². The van der Waals surface area contributed by atoms with E-state index in [0.29, 0.717) is 14.8 Å². The van der Waals surface area contributed by atoms with Crippen molar-refractivity contribution in [3.8, 4) is 21.9 Å². The van der Waals surface area contributed by atoms with Crippen LogP contribution in [0.2, 0.25) is 0 Å². The molecule has 0 aliphatic rings. The smallest absolute Gasteiger partial charge is 0.356 e. The quantitative estimate of drug-likeness (QED) is 0.592. The zero-order valence-corrected chi connectivity index (χ0v) is 10.9. The van der Waals surface area contributed by atoms with Crippen LogP contribution in [0.3, 0.4) is 0 Å². The summed E-state index contributed by atoms with van der Waals surface area (Å²) in [7, 11) is 0. The number of hydrogen-bond acceptors (Lipinski definition) is 6. The Kier molecular flexibility index (Phi) is 3.44. The number of benzene rings is 1. The molecule has 7 heteroatoms. The van der Waals surface area contributed by atoms with E-state index in [4.69, 9.17) is 5.11 Å². The molecule has 0 unspecified atom stereocenters. The van der Waals surface area contributed by atoms with E-state index in [1.54, 1.807) is 6.07 Å². The largest absolute Gasteiger partial charge is 0.504 e. The Morgan fingerprint density at radius 2 is 2.06 bits per heavy atom. The molecule has 0 atom stereocenters. The number of carboxylic acids is 1. The molecule has 0 amide bonds. The molecule has 2 rings (SSSR count). The summed E-state index contributed by atoms with van der Waals surface area (Å²) in [6.07, 6.45) is 1.81. The van der Waals surface area contributed by atoms with Gasteiger partial charge in [-0.15, -0.1) is 11.3 Å². The molecular weight excluding hydrogens is 274 g/mol. The van der Waals surface area contributed by atoms with Gasteiger partial charge in [-0.2, -0.15) is 0 Å². The molecule has 2 aromatic rings. The van der Waals surface area contributed by atoms with E-state index in [1.807, 2.05) is 6.26 Å². The monoisotopic (exact) mass is 283 g/mol. The summed E-state index contributed by atoms with van der Waals surface area (Å²) in [6, 6.07) is 4.17. The molecule has 18 heavy (non-hydrogen) atoms. The van der Waals surface area contributed by atoms with Gasteiger partial charge in [-0.25, -0.2) is 9.78 Å². The lowest BCUT2D eigenvalue weighted by Crippen LogP contribution is -1.98. The lowest BCUT2D eigenvalue weighted by atomic mass is 10.1. The van der Waals surface area contributed by atoms with Gasteiger partial charge in [-0.1, -0.05) is 11.8 Å². The van der Waals surface area contributed by atoms with Crippen LogP contribution in [0.5, 0.6) is 11.5 Å². The molecule has 5 nitrogen and oxygen atoms in total. The summed E-state index contributed by atoms with van der Waals surface area (Å²) in [4.78, 5) is 15.6. The first-order valence-electron chi connectivity index (χ1n) is 4.83. The van der Waals surface area contributed by atoms with Crippen molar-refractivity contribution >= 4 is 29.1 Å². The Balaban J connectivity index is 2.58. The van der Waals surface area contributed by atoms with E-state index in [-0.39, 0.29) is 17.2 Å². The first-order chi connectivity index (χ1) is 8.52. The maximum atomic E-state index is 11.1. The van der Waals surface area contributed by atoms with Crippen molar-refractivity contribution in [2.24, 2.45) is 0 Å². The Labute approximate surface area is 111 Å². The Morgan fingerprint density at radius 1 is 1.33 bits per heavy atom. The van der Waals surface area contributed by atoms with E-state index < -0.39 is 5.97 Å². The number of rotatable bonds is 3. The molecule has 0 fully saturated rings. The summed E-state index contributed by atoms with van der Waals surface area (Å²) < 4.78 is 0.634. The predicted octanol–water partition coefficient (Wildman–Crippen LogP) is 2.64. The molecule has 94 valence electrons. The van der Waals surface area contributed by atoms with Gasteiger partial charge >= 0.3 is 5.97 Å². The first kappa shape index (κ1) is 12.7. The second-order valence-corrected chi connectivity index (χ2v) is 5.42. The van der Waals surface area contributed by atoms with Gasteiger partial charge < -0.3 is 15.3 Å². The molecule has 0 bridgehead atoms. The summed E-state index contributed by atoms with van der Waals surface area (Å²) in [5.41, 5.74) is 0.468. The van der Waals surface area contributed by atoms with Crippen LogP contribution >= 0.6 is 23.1 Å². The number of aromatic nitrogens is 1. The van der Waals surface area contributed by atoms with Crippen molar-refractivity contribution in [1.82, 2.24) is 4.98 Å². The molecule has 0 saturated carbocycles. The van der Waals surface area contributed by atoms with Gasteiger partial charge in [0.25, 0.3) is 0 Å².